The summed E-state index contributed by atoms with van der Waals surface area (Å²) in [5.74, 6) is 0.309. The molecule has 1 aromatic carbocycles. The SMILES string of the molecule is CN1CCCC1C(=O)Nc1ncc2ccc(-c3cnn(C)c3)cc2n1. The molecule has 1 fully saturated rings. The van der Waals surface area contributed by atoms with E-state index >= 15 is 0 Å². The first-order chi connectivity index (χ1) is 12.1. The molecule has 0 saturated carbocycles. The van der Waals surface area contributed by atoms with E-state index < -0.39 is 0 Å². The van der Waals surface area contributed by atoms with Crippen LogP contribution in [0.5, 0.6) is 0 Å². The third kappa shape index (κ3) is 3.10. The molecule has 1 aliphatic heterocycles. The van der Waals surface area contributed by atoms with Crippen LogP contribution in [0.15, 0.2) is 36.8 Å². The summed E-state index contributed by atoms with van der Waals surface area (Å²) >= 11 is 0. The van der Waals surface area contributed by atoms with E-state index in [0.29, 0.717) is 5.95 Å². The molecule has 25 heavy (non-hydrogen) atoms. The zero-order chi connectivity index (χ0) is 17.4. The van der Waals surface area contributed by atoms with Crippen LogP contribution in [0.4, 0.5) is 5.95 Å². The third-order valence-electron chi connectivity index (χ3n) is 4.68. The highest BCUT2D eigenvalue weighted by Crippen LogP contribution is 2.23. The molecule has 7 heteroatoms. The van der Waals surface area contributed by atoms with Gasteiger partial charge in [0, 0.05) is 30.4 Å². The minimum absolute atomic E-state index is 0.0391. The number of likely N-dealkylation sites (tertiary alicyclic amines) is 1. The summed E-state index contributed by atoms with van der Waals surface area (Å²) in [4.78, 5) is 23.3. The van der Waals surface area contributed by atoms with Crippen molar-refractivity contribution >= 4 is 22.8 Å². The Hall–Kier alpha value is -2.80. The molecule has 1 unspecified atom stereocenters. The molecule has 3 heterocycles. The summed E-state index contributed by atoms with van der Waals surface area (Å²) in [5.41, 5.74) is 2.86. The Bertz CT molecular complexity index is 934. The fourth-order valence-corrected chi connectivity index (χ4v) is 3.27. The van der Waals surface area contributed by atoms with Gasteiger partial charge in [0.25, 0.3) is 0 Å². The number of anilines is 1. The van der Waals surface area contributed by atoms with Crippen LogP contribution in [-0.2, 0) is 11.8 Å². The van der Waals surface area contributed by atoms with Gasteiger partial charge in [-0.1, -0.05) is 12.1 Å². The topological polar surface area (TPSA) is 75.9 Å². The molecule has 3 aromatic rings. The lowest BCUT2D eigenvalue weighted by molar-refractivity contribution is -0.120. The second kappa shape index (κ2) is 6.25. The third-order valence-corrected chi connectivity index (χ3v) is 4.68. The average molecular weight is 336 g/mol. The maximum absolute atomic E-state index is 12.4. The van der Waals surface area contributed by atoms with Gasteiger partial charge in [0.15, 0.2) is 0 Å². The van der Waals surface area contributed by atoms with Crippen LogP contribution in [-0.4, -0.2) is 50.2 Å². The molecule has 2 aromatic heterocycles. The van der Waals surface area contributed by atoms with Crippen LogP contribution in [0, 0.1) is 0 Å². The van der Waals surface area contributed by atoms with E-state index in [0.717, 1.165) is 41.4 Å². The van der Waals surface area contributed by atoms with Gasteiger partial charge in [-0.05, 0) is 38.1 Å². The van der Waals surface area contributed by atoms with Crippen molar-refractivity contribution in [2.75, 3.05) is 18.9 Å². The van der Waals surface area contributed by atoms with E-state index in [1.165, 1.54) is 0 Å². The average Bonchev–Trinajstić information content (AvgIpc) is 3.22. The second-order valence-corrected chi connectivity index (χ2v) is 6.50. The molecule has 0 radical (unpaired) electrons. The number of rotatable bonds is 3. The fraction of sp³-hybridized carbons (Fsp3) is 0.333. The number of likely N-dealkylation sites (N-methyl/N-ethyl adjacent to an activating group) is 1. The van der Waals surface area contributed by atoms with E-state index in [2.05, 4.69) is 25.3 Å². The molecule has 1 atom stereocenters. The Morgan fingerprint density at radius 1 is 1.24 bits per heavy atom. The van der Waals surface area contributed by atoms with Gasteiger partial charge in [-0.25, -0.2) is 9.97 Å². The summed E-state index contributed by atoms with van der Waals surface area (Å²) in [6.07, 6.45) is 7.44. The predicted octanol–water partition coefficient (Wildman–Crippen LogP) is 2.06. The zero-order valence-corrected chi connectivity index (χ0v) is 14.3. The number of nitrogens with zero attached hydrogens (tertiary/aromatic N) is 5. The normalized spacial score (nSPS) is 17.9. The van der Waals surface area contributed by atoms with Gasteiger partial charge in [-0.2, -0.15) is 5.10 Å². The number of carbonyl (C=O) groups excluding carboxylic acids is 1. The number of hydrogen-bond donors (Lipinski definition) is 1. The Labute approximate surface area is 145 Å². The summed E-state index contributed by atoms with van der Waals surface area (Å²) in [6.45, 7) is 0.950. The van der Waals surface area contributed by atoms with Crippen molar-refractivity contribution in [1.82, 2.24) is 24.6 Å². The highest BCUT2D eigenvalue weighted by molar-refractivity contribution is 5.94. The number of fused-ring (bicyclic) bond motifs is 1. The van der Waals surface area contributed by atoms with E-state index in [-0.39, 0.29) is 11.9 Å². The van der Waals surface area contributed by atoms with E-state index in [1.807, 2.05) is 44.7 Å². The number of aryl methyl sites for hydroxylation is 1. The summed E-state index contributed by atoms with van der Waals surface area (Å²) in [7, 11) is 3.86. The number of carbonyl (C=O) groups is 1. The maximum Gasteiger partial charge on any atom is 0.244 e. The van der Waals surface area contributed by atoms with Crippen LogP contribution < -0.4 is 5.32 Å². The number of hydrogen-bond acceptors (Lipinski definition) is 5. The van der Waals surface area contributed by atoms with Crippen molar-refractivity contribution < 1.29 is 4.79 Å². The second-order valence-electron chi connectivity index (χ2n) is 6.50. The first kappa shape index (κ1) is 15.7. The smallest absolute Gasteiger partial charge is 0.244 e. The molecule has 128 valence electrons. The highest BCUT2D eigenvalue weighted by atomic mass is 16.2. The zero-order valence-electron chi connectivity index (χ0n) is 14.3. The predicted molar refractivity (Wildman–Crippen MR) is 96.0 cm³/mol. The molecular formula is C18H20N6O. The number of nitrogens with one attached hydrogen (secondary N) is 1. The Kier molecular flexibility index (Phi) is 3.93. The maximum atomic E-state index is 12.4. The Morgan fingerprint density at radius 2 is 2.12 bits per heavy atom. The monoisotopic (exact) mass is 336 g/mol. The lowest BCUT2D eigenvalue weighted by atomic mass is 10.1. The molecule has 0 bridgehead atoms. The lowest BCUT2D eigenvalue weighted by Gasteiger charge is -2.17. The summed E-state index contributed by atoms with van der Waals surface area (Å²) in [5, 5.41) is 7.99. The van der Waals surface area contributed by atoms with Gasteiger partial charge in [0.1, 0.15) is 0 Å². The largest absolute Gasteiger partial charge is 0.295 e. The van der Waals surface area contributed by atoms with Crippen LogP contribution >= 0.6 is 0 Å². The van der Waals surface area contributed by atoms with Crippen LogP contribution in [0.25, 0.3) is 22.0 Å². The molecule has 1 saturated heterocycles. The van der Waals surface area contributed by atoms with Crippen LogP contribution in [0.2, 0.25) is 0 Å². The van der Waals surface area contributed by atoms with Crippen molar-refractivity contribution in [2.24, 2.45) is 7.05 Å². The van der Waals surface area contributed by atoms with Crippen molar-refractivity contribution in [3.05, 3.63) is 36.8 Å². The first-order valence-corrected chi connectivity index (χ1v) is 8.37. The number of aromatic nitrogens is 4. The van der Waals surface area contributed by atoms with Gasteiger partial charge >= 0.3 is 0 Å². The van der Waals surface area contributed by atoms with Crippen LogP contribution in [0.1, 0.15) is 12.8 Å². The summed E-state index contributed by atoms with van der Waals surface area (Å²) < 4.78 is 1.77. The minimum atomic E-state index is -0.0963. The van der Waals surface area contributed by atoms with Crippen molar-refractivity contribution in [1.29, 1.82) is 0 Å². The molecule has 1 aliphatic rings. The fourth-order valence-electron chi connectivity index (χ4n) is 3.27. The molecular weight excluding hydrogens is 316 g/mol. The minimum Gasteiger partial charge on any atom is -0.295 e. The molecule has 4 rings (SSSR count). The summed E-state index contributed by atoms with van der Waals surface area (Å²) in [6, 6.07) is 5.90. The van der Waals surface area contributed by atoms with Crippen molar-refractivity contribution in [2.45, 2.75) is 18.9 Å². The Morgan fingerprint density at radius 3 is 2.84 bits per heavy atom. The Balaban J connectivity index is 1.61. The first-order valence-electron chi connectivity index (χ1n) is 8.37. The standard InChI is InChI=1S/C18H20N6O/c1-23-7-3-4-16(23)17(25)22-18-19-9-13-6-5-12(8-15(13)21-18)14-10-20-24(2)11-14/h5-6,8-11,16H,3-4,7H2,1-2H3,(H,19,21,22,25). The molecule has 1 amide bonds. The van der Waals surface area contributed by atoms with Gasteiger partial charge in [0.2, 0.25) is 11.9 Å². The van der Waals surface area contributed by atoms with Gasteiger partial charge < -0.3 is 0 Å². The quantitative estimate of drug-likeness (QED) is 0.792. The molecule has 0 aliphatic carbocycles. The van der Waals surface area contributed by atoms with Gasteiger partial charge in [-0.15, -0.1) is 0 Å². The number of amides is 1. The van der Waals surface area contributed by atoms with Crippen molar-refractivity contribution in [3.8, 4) is 11.1 Å². The lowest BCUT2D eigenvalue weighted by Crippen LogP contribution is -2.37. The van der Waals surface area contributed by atoms with Crippen molar-refractivity contribution in [3.63, 3.8) is 0 Å². The molecule has 0 spiro atoms. The molecule has 7 nitrogen and oxygen atoms in total. The highest BCUT2D eigenvalue weighted by Gasteiger charge is 2.28. The van der Waals surface area contributed by atoms with Gasteiger partial charge in [0.05, 0.1) is 17.8 Å². The van der Waals surface area contributed by atoms with E-state index in [4.69, 9.17) is 0 Å². The molecule has 1 N–H and O–H groups in total. The van der Waals surface area contributed by atoms with Gasteiger partial charge in [-0.3, -0.25) is 19.7 Å². The van der Waals surface area contributed by atoms with E-state index in [1.54, 1.807) is 10.9 Å². The number of benzene rings is 1. The van der Waals surface area contributed by atoms with Crippen LogP contribution in [0.3, 0.4) is 0 Å². The van der Waals surface area contributed by atoms with E-state index in [9.17, 15) is 4.79 Å².